The highest BCUT2D eigenvalue weighted by molar-refractivity contribution is 6.30. The smallest absolute Gasteiger partial charge is 0.277 e. The molecule has 0 unspecified atom stereocenters. The zero-order valence-electron chi connectivity index (χ0n) is 14.7. The SMILES string of the molecule is CC(C)=CCC/C(C)=C\C=NNC(=O)COc1ccc(Cl)cc1C. The fourth-order valence-corrected chi connectivity index (χ4v) is 2.12. The summed E-state index contributed by atoms with van der Waals surface area (Å²) < 4.78 is 5.44. The van der Waals surface area contributed by atoms with Crippen LogP contribution in [0.2, 0.25) is 5.02 Å². The number of hydrogen-bond donors (Lipinski definition) is 1. The monoisotopic (exact) mass is 348 g/mol. The molecule has 0 heterocycles. The molecule has 0 aromatic heterocycles. The Kier molecular flexibility index (Phi) is 8.87. The zero-order chi connectivity index (χ0) is 17.9. The molecule has 1 amide bonds. The van der Waals surface area contributed by atoms with E-state index in [0.717, 1.165) is 18.4 Å². The van der Waals surface area contributed by atoms with E-state index in [-0.39, 0.29) is 12.5 Å². The molecule has 1 aromatic rings. The molecular weight excluding hydrogens is 324 g/mol. The van der Waals surface area contributed by atoms with Gasteiger partial charge in [-0.05, 0) is 70.4 Å². The van der Waals surface area contributed by atoms with Crippen LogP contribution in [0, 0.1) is 6.92 Å². The van der Waals surface area contributed by atoms with Crippen LogP contribution in [0.3, 0.4) is 0 Å². The van der Waals surface area contributed by atoms with Gasteiger partial charge in [0, 0.05) is 11.2 Å². The number of aryl methyl sites for hydroxylation is 1. The molecular formula is C19H25ClN2O2. The predicted octanol–water partition coefficient (Wildman–Crippen LogP) is 4.82. The van der Waals surface area contributed by atoms with Gasteiger partial charge in [0.1, 0.15) is 5.75 Å². The summed E-state index contributed by atoms with van der Waals surface area (Å²) in [6, 6.07) is 5.26. The van der Waals surface area contributed by atoms with E-state index in [2.05, 4.69) is 30.5 Å². The first kappa shape index (κ1) is 20.0. The van der Waals surface area contributed by atoms with Gasteiger partial charge in [0.2, 0.25) is 0 Å². The summed E-state index contributed by atoms with van der Waals surface area (Å²) in [5.74, 6) is 0.324. The van der Waals surface area contributed by atoms with Gasteiger partial charge in [-0.2, -0.15) is 5.10 Å². The summed E-state index contributed by atoms with van der Waals surface area (Å²) in [5, 5.41) is 4.53. The van der Waals surface area contributed by atoms with Crippen LogP contribution in [0.15, 0.2) is 46.6 Å². The van der Waals surface area contributed by atoms with Crippen LogP contribution < -0.4 is 10.2 Å². The van der Waals surface area contributed by atoms with Crippen molar-refractivity contribution in [1.82, 2.24) is 5.43 Å². The summed E-state index contributed by atoms with van der Waals surface area (Å²) in [6.07, 6.45) is 7.67. The Morgan fingerprint density at radius 2 is 2.08 bits per heavy atom. The highest BCUT2D eigenvalue weighted by Gasteiger charge is 2.04. The quantitative estimate of drug-likeness (QED) is 0.416. The Hall–Kier alpha value is -2.07. The van der Waals surface area contributed by atoms with Crippen LogP contribution >= 0.6 is 11.6 Å². The number of carbonyl (C=O) groups excluding carboxylic acids is 1. The van der Waals surface area contributed by atoms with Crippen LogP contribution in [-0.4, -0.2) is 18.7 Å². The van der Waals surface area contributed by atoms with E-state index >= 15 is 0 Å². The molecule has 0 fully saturated rings. The van der Waals surface area contributed by atoms with Crippen molar-refractivity contribution >= 4 is 23.7 Å². The fraction of sp³-hybridized carbons (Fsp3) is 0.368. The van der Waals surface area contributed by atoms with Crippen molar-refractivity contribution in [2.75, 3.05) is 6.61 Å². The number of benzene rings is 1. The van der Waals surface area contributed by atoms with Crippen molar-refractivity contribution in [3.05, 3.63) is 52.1 Å². The summed E-state index contributed by atoms with van der Waals surface area (Å²) >= 11 is 5.87. The van der Waals surface area contributed by atoms with Gasteiger partial charge in [0.15, 0.2) is 6.61 Å². The van der Waals surface area contributed by atoms with E-state index in [1.165, 1.54) is 11.1 Å². The highest BCUT2D eigenvalue weighted by atomic mass is 35.5. The van der Waals surface area contributed by atoms with Crippen LogP contribution in [0.4, 0.5) is 0 Å². The van der Waals surface area contributed by atoms with E-state index in [9.17, 15) is 4.79 Å². The molecule has 5 heteroatoms. The first-order chi connectivity index (χ1) is 11.4. The van der Waals surface area contributed by atoms with Crippen molar-refractivity contribution < 1.29 is 9.53 Å². The Bertz CT molecular complexity index is 645. The molecule has 0 aliphatic carbocycles. The average Bonchev–Trinajstić information content (AvgIpc) is 2.50. The number of nitrogens with zero attached hydrogens (tertiary/aromatic N) is 1. The highest BCUT2D eigenvalue weighted by Crippen LogP contribution is 2.21. The van der Waals surface area contributed by atoms with Gasteiger partial charge in [-0.15, -0.1) is 0 Å². The molecule has 1 aromatic carbocycles. The second kappa shape index (κ2) is 10.7. The van der Waals surface area contributed by atoms with Crippen molar-refractivity contribution in [2.45, 2.75) is 40.5 Å². The van der Waals surface area contributed by atoms with Crippen LogP contribution in [-0.2, 0) is 4.79 Å². The van der Waals surface area contributed by atoms with Gasteiger partial charge in [-0.1, -0.05) is 28.8 Å². The standard InChI is InChI=1S/C19H25ClN2O2/c1-14(2)6-5-7-15(3)10-11-21-22-19(23)13-24-18-9-8-17(20)12-16(18)4/h6,8-12H,5,7,13H2,1-4H3,(H,22,23)/b15-10-,21-11?. The number of allylic oxidation sites excluding steroid dienone is 4. The summed E-state index contributed by atoms with van der Waals surface area (Å²) in [4.78, 5) is 11.7. The topological polar surface area (TPSA) is 50.7 Å². The lowest BCUT2D eigenvalue weighted by molar-refractivity contribution is -0.123. The summed E-state index contributed by atoms with van der Waals surface area (Å²) in [6.45, 7) is 8.00. The van der Waals surface area contributed by atoms with E-state index in [1.807, 2.05) is 19.9 Å². The molecule has 0 bridgehead atoms. The Labute approximate surface area is 149 Å². The van der Waals surface area contributed by atoms with Gasteiger partial charge in [-0.25, -0.2) is 5.43 Å². The van der Waals surface area contributed by atoms with Gasteiger partial charge in [0.05, 0.1) is 0 Å². The van der Waals surface area contributed by atoms with Crippen LogP contribution in [0.1, 0.15) is 39.2 Å². The predicted molar refractivity (Wildman–Crippen MR) is 101 cm³/mol. The van der Waals surface area contributed by atoms with Crippen molar-refractivity contribution in [2.24, 2.45) is 5.10 Å². The molecule has 0 radical (unpaired) electrons. The van der Waals surface area contributed by atoms with Gasteiger partial charge >= 0.3 is 0 Å². The maximum absolute atomic E-state index is 11.7. The van der Waals surface area contributed by atoms with Gasteiger partial charge in [-0.3, -0.25) is 4.79 Å². The van der Waals surface area contributed by atoms with Gasteiger partial charge < -0.3 is 4.74 Å². The maximum Gasteiger partial charge on any atom is 0.277 e. The molecule has 1 rings (SSSR count). The number of rotatable bonds is 8. The molecule has 0 saturated heterocycles. The first-order valence-corrected chi connectivity index (χ1v) is 8.26. The molecule has 130 valence electrons. The zero-order valence-corrected chi connectivity index (χ0v) is 15.5. The van der Waals surface area contributed by atoms with Crippen LogP contribution in [0.25, 0.3) is 0 Å². The molecule has 0 aliphatic rings. The Morgan fingerprint density at radius 1 is 1.33 bits per heavy atom. The minimum Gasteiger partial charge on any atom is -0.483 e. The molecule has 24 heavy (non-hydrogen) atoms. The van der Waals surface area contributed by atoms with E-state index in [4.69, 9.17) is 16.3 Å². The average molecular weight is 349 g/mol. The van der Waals surface area contributed by atoms with E-state index in [1.54, 1.807) is 24.4 Å². The van der Waals surface area contributed by atoms with E-state index < -0.39 is 0 Å². The number of hydrogen-bond acceptors (Lipinski definition) is 3. The number of halogens is 1. The second-order valence-electron chi connectivity index (χ2n) is 5.84. The maximum atomic E-state index is 11.7. The molecule has 4 nitrogen and oxygen atoms in total. The molecule has 1 N–H and O–H groups in total. The lowest BCUT2D eigenvalue weighted by Crippen LogP contribution is -2.24. The number of hydrazone groups is 1. The lowest BCUT2D eigenvalue weighted by Gasteiger charge is -2.08. The molecule has 0 atom stereocenters. The molecule has 0 saturated carbocycles. The third kappa shape index (κ3) is 8.53. The van der Waals surface area contributed by atoms with E-state index in [0.29, 0.717) is 10.8 Å². The number of ether oxygens (including phenoxy) is 1. The molecule has 0 aliphatic heterocycles. The third-order valence-corrected chi connectivity index (χ3v) is 3.44. The number of amides is 1. The largest absolute Gasteiger partial charge is 0.483 e. The number of carbonyl (C=O) groups is 1. The first-order valence-electron chi connectivity index (χ1n) is 7.88. The van der Waals surface area contributed by atoms with Crippen molar-refractivity contribution in [3.63, 3.8) is 0 Å². The summed E-state index contributed by atoms with van der Waals surface area (Å²) in [7, 11) is 0. The minimum atomic E-state index is -0.309. The fourth-order valence-electron chi connectivity index (χ4n) is 1.90. The van der Waals surface area contributed by atoms with Crippen molar-refractivity contribution in [3.8, 4) is 5.75 Å². The molecule has 0 spiro atoms. The Balaban J connectivity index is 2.33. The van der Waals surface area contributed by atoms with Crippen LogP contribution in [0.5, 0.6) is 5.75 Å². The minimum absolute atomic E-state index is 0.0942. The van der Waals surface area contributed by atoms with Crippen molar-refractivity contribution in [1.29, 1.82) is 0 Å². The Morgan fingerprint density at radius 3 is 2.75 bits per heavy atom. The third-order valence-electron chi connectivity index (χ3n) is 3.21. The lowest BCUT2D eigenvalue weighted by atomic mass is 10.1. The normalized spacial score (nSPS) is 11.5. The van der Waals surface area contributed by atoms with Gasteiger partial charge in [0.25, 0.3) is 5.91 Å². The second-order valence-corrected chi connectivity index (χ2v) is 6.28. The summed E-state index contributed by atoms with van der Waals surface area (Å²) in [5.41, 5.74) is 5.85. The number of nitrogens with one attached hydrogen (secondary N) is 1.